The fourth-order valence-electron chi connectivity index (χ4n) is 4.07. The number of H-pyrrole nitrogens is 1. The number of aromatic amines is 1. The van der Waals surface area contributed by atoms with Gasteiger partial charge in [-0.3, -0.25) is 14.5 Å². The molecule has 0 aliphatic carbocycles. The number of methoxy groups -OCH3 is 1. The zero-order valence-electron chi connectivity index (χ0n) is 14.1. The summed E-state index contributed by atoms with van der Waals surface area (Å²) in [4.78, 5) is 31.9. The number of hydrogen-bond acceptors (Lipinski definition) is 4. The Kier molecular flexibility index (Phi) is 3.22. The van der Waals surface area contributed by atoms with Crippen molar-refractivity contribution in [3.05, 3.63) is 35.5 Å². The van der Waals surface area contributed by atoms with Crippen LogP contribution in [0.1, 0.15) is 25.1 Å². The van der Waals surface area contributed by atoms with Crippen molar-refractivity contribution < 1.29 is 14.3 Å². The Morgan fingerprint density at radius 3 is 2.88 bits per heavy atom. The number of esters is 1. The number of aromatic nitrogens is 1. The predicted molar refractivity (Wildman–Crippen MR) is 89.1 cm³/mol. The topological polar surface area (TPSA) is 65.6 Å². The molecule has 1 fully saturated rings. The molecule has 24 heavy (non-hydrogen) atoms. The van der Waals surface area contributed by atoms with Crippen molar-refractivity contribution in [1.29, 1.82) is 0 Å². The van der Waals surface area contributed by atoms with Crippen molar-refractivity contribution in [2.75, 3.05) is 13.7 Å². The van der Waals surface area contributed by atoms with E-state index in [9.17, 15) is 9.59 Å². The summed E-state index contributed by atoms with van der Waals surface area (Å²) in [6.45, 7) is 4.64. The van der Waals surface area contributed by atoms with Crippen LogP contribution in [0.15, 0.2) is 24.3 Å². The number of carbonyl (C=O) groups is 2. The number of nitrogens with zero attached hydrogens (tertiary/aromatic N) is 2. The largest absolute Gasteiger partial charge is 0.468 e. The van der Waals surface area contributed by atoms with E-state index in [4.69, 9.17) is 4.74 Å². The van der Waals surface area contributed by atoms with E-state index in [1.54, 1.807) is 4.90 Å². The molecule has 1 aromatic heterocycles. The zero-order chi connectivity index (χ0) is 17.1. The summed E-state index contributed by atoms with van der Waals surface area (Å²) < 4.78 is 4.75. The first-order valence-electron chi connectivity index (χ1n) is 8.17. The van der Waals surface area contributed by atoms with Crippen molar-refractivity contribution >= 4 is 22.8 Å². The highest BCUT2D eigenvalue weighted by molar-refractivity contribution is 5.91. The molecule has 3 heterocycles. The van der Waals surface area contributed by atoms with Crippen LogP contribution in [0.3, 0.4) is 0 Å². The van der Waals surface area contributed by atoms with Gasteiger partial charge in [0.1, 0.15) is 6.54 Å². The number of benzene rings is 1. The van der Waals surface area contributed by atoms with Gasteiger partial charge in [0.15, 0.2) is 0 Å². The lowest BCUT2D eigenvalue weighted by Gasteiger charge is -2.39. The van der Waals surface area contributed by atoms with Gasteiger partial charge in [-0.2, -0.15) is 0 Å². The monoisotopic (exact) mass is 327 g/mol. The fraction of sp³-hybridized carbons (Fsp3) is 0.444. The number of nitrogens with one attached hydrogen (secondary N) is 1. The molecular weight excluding hydrogens is 306 g/mol. The lowest BCUT2D eigenvalue weighted by atomic mass is 9.96. The van der Waals surface area contributed by atoms with Gasteiger partial charge in [-0.1, -0.05) is 18.2 Å². The second-order valence-electron chi connectivity index (χ2n) is 6.97. The van der Waals surface area contributed by atoms with E-state index in [1.165, 1.54) is 18.1 Å². The molecule has 0 bridgehead atoms. The lowest BCUT2D eigenvalue weighted by molar-refractivity contribution is -0.148. The Balaban J connectivity index is 1.72. The molecule has 2 aromatic rings. The van der Waals surface area contributed by atoms with E-state index in [2.05, 4.69) is 22.0 Å². The van der Waals surface area contributed by atoms with Crippen LogP contribution in [-0.2, 0) is 27.3 Å². The van der Waals surface area contributed by atoms with Gasteiger partial charge in [0.25, 0.3) is 0 Å². The van der Waals surface area contributed by atoms with Gasteiger partial charge < -0.3 is 14.6 Å². The molecule has 126 valence electrons. The van der Waals surface area contributed by atoms with Crippen LogP contribution in [0.2, 0.25) is 0 Å². The number of ether oxygens (including phenoxy) is 1. The highest BCUT2D eigenvalue weighted by atomic mass is 16.5. The van der Waals surface area contributed by atoms with Crippen LogP contribution < -0.4 is 0 Å². The maximum atomic E-state index is 12.9. The fourth-order valence-corrected chi connectivity index (χ4v) is 4.07. The number of hydrogen-bond donors (Lipinski definition) is 1. The SMILES string of the molecule is COC(=O)CN1C(=O)[C@@H]2Cc3c([nH]c4ccccc34)CN2C1(C)C. The summed E-state index contributed by atoms with van der Waals surface area (Å²) in [6.07, 6.45) is 0.666. The third kappa shape index (κ3) is 1.99. The second-order valence-corrected chi connectivity index (χ2v) is 6.97. The summed E-state index contributed by atoms with van der Waals surface area (Å²) in [5.74, 6) is -0.387. The van der Waals surface area contributed by atoms with Gasteiger partial charge in [-0.25, -0.2) is 0 Å². The molecule has 1 saturated heterocycles. The van der Waals surface area contributed by atoms with Crippen LogP contribution in [0.4, 0.5) is 0 Å². The van der Waals surface area contributed by atoms with Gasteiger partial charge in [0.2, 0.25) is 5.91 Å². The van der Waals surface area contributed by atoms with Crippen molar-refractivity contribution in [1.82, 2.24) is 14.8 Å². The van der Waals surface area contributed by atoms with Crippen LogP contribution in [0.25, 0.3) is 10.9 Å². The molecule has 1 aromatic carbocycles. The molecule has 2 aliphatic rings. The minimum atomic E-state index is -0.523. The van der Waals surface area contributed by atoms with Crippen molar-refractivity contribution in [3.63, 3.8) is 0 Å². The molecule has 4 rings (SSSR count). The van der Waals surface area contributed by atoms with Crippen LogP contribution in [0, 0.1) is 0 Å². The summed E-state index contributed by atoms with van der Waals surface area (Å²) >= 11 is 0. The maximum absolute atomic E-state index is 12.9. The molecule has 1 N–H and O–H groups in total. The van der Waals surface area contributed by atoms with Crippen molar-refractivity contribution in [2.45, 2.75) is 38.5 Å². The highest BCUT2D eigenvalue weighted by Gasteiger charge is 2.53. The van der Waals surface area contributed by atoms with Gasteiger partial charge in [-0.05, 0) is 31.9 Å². The maximum Gasteiger partial charge on any atom is 0.325 e. The number of para-hydroxylation sites is 1. The van der Waals surface area contributed by atoms with E-state index in [0.29, 0.717) is 13.0 Å². The third-order valence-electron chi connectivity index (χ3n) is 5.43. The summed E-state index contributed by atoms with van der Waals surface area (Å²) in [6, 6.07) is 7.97. The minimum absolute atomic E-state index is 0.00123. The molecule has 0 spiro atoms. The molecular formula is C18H21N3O3. The Bertz CT molecular complexity index is 839. The Morgan fingerprint density at radius 1 is 1.38 bits per heavy atom. The van der Waals surface area contributed by atoms with Crippen molar-refractivity contribution in [2.24, 2.45) is 0 Å². The average molecular weight is 327 g/mol. The zero-order valence-corrected chi connectivity index (χ0v) is 14.1. The highest BCUT2D eigenvalue weighted by Crippen LogP contribution is 2.40. The molecule has 1 amide bonds. The summed E-state index contributed by atoms with van der Waals surface area (Å²) in [5.41, 5.74) is 2.97. The second kappa shape index (κ2) is 5.08. The van der Waals surface area contributed by atoms with Gasteiger partial charge in [-0.15, -0.1) is 0 Å². The first-order valence-corrected chi connectivity index (χ1v) is 8.17. The average Bonchev–Trinajstić information content (AvgIpc) is 3.02. The lowest BCUT2D eigenvalue weighted by Crippen LogP contribution is -2.52. The molecule has 1 atom stereocenters. The van der Waals surface area contributed by atoms with E-state index >= 15 is 0 Å². The molecule has 6 nitrogen and oxygen atoms in total. The normalized spacial score (nSPS) is 22.5. The first kappa shape index (κ1) is 15.2. The number of fused-ring (bicyclic) bond motifs is 4. The Labute approximate surface area is 140 Å². The van der Waals surface area contributed by atoms with Gasteiger partial charge in [0, 0.05) is 23.1 Å². The number of carbonyl (C=O) groups excluding carboxylic acids is 2. The molecule has 0 unspecified atom stereocenters. The molecule has 0 saturated carbocycles. The predicted octanol–water partition coefficient (Wildman–Crippen LogP) is 1.65. The molecule has 6 heteroatoms. The van der Waals surface area contributed by atoms with Gasteiger partial charge in [0.05, 0.1) is 18.8 Å². The van der Waals surface area contributed by atoms with Crippen LogP contribution >= 0.6 is 0 Å². The Hall–Kier alpha value is -2.34. The smallest absolute Gasteiger partial charge is 0.325 e. The standard InChI is InChI=1S/C18H21N3O3/c1-18(2)20-9-14-12(11-6-4-5-7-13(11)19-14)8-15(20)17(23)21(18)10-16(22)24-3/h4-7,15,19H,8-10H2,1-3H3/t15-/m0/s1. The first-order chi connectivity index (χ1) is 11.4. The number of rotatable bonds is 2. The van der Waals surface area contributed by atoms with E-state index < -0.39 is 5.66 Å². The van der Waals surface area contributed by atoms with E-state index in [0.717, 1.165) is 11.2 Å². The summed E-state index contributed by atoms with van der Waals surface area (Å²) in [5, 5.41) is 1.18. The number of amides is 1. The van der Waals surface area contributed by atoms with E-state index in [-0.39, 0.29) is 24.5 Å². The van der Waals surface area contributed by atoms with Crippen LogP contribution in [-0.4, -0.2) is 52.0 Å². The molecule has 0 radical (unpaired) electrons. The molecule has 2 aliphatic heterocycles. The third-order valence-corrected chi connectivity index (χ3v) is 5.43. The summed E-state index contributed by atoms with van der Waals surface area (Å²) in [7, 11) is 1.35. The van der Waals surface area contributed by atoms with Crippen molar-refractivity contribution in [3.8, 4) is 0 Å². The van der Waals surface area contributed by atoms with E-state index in [1.807, 2.05) is 26.0 Å². The Morgan fingerprint density at radius 2 is 2.12 bits per heavy atom. The minimum Gasteiger partial charge on any atom is -0.468 e. The van der Waals surface area contributed by atoms with Crippen LogP contribution in [0.5, 0.6) is 0 Å². The van der Waals surface area contributed by atoms with Gasteiger partial charge >= 0.3 is 5.97 Å². The quantitative estimate of drug-likeness (QED) is 0.852.